The van der Waals surface area contributed by atoms with E-state index >= 15 is 0 Å². The first-order chi connectivity index (χ1) is 9.43. The molecule has 0 fully saturated rings. The van der Waals surface area contributed by atoms with Crippen LogP contribution >= 0.6 is 0 Å². The summed E-state index contributed by atoms with van der Waals surface area (Å²) in [5, 5.41) is 3.43. The molecule has 0 aliphatic rings. The minimum absolute atomic E-state index is 0.654. The molecule has 0 saturated heterocycles. The van der Waals surface area contributed by atoms with Gasteiger partial charge >= 0.3 is 0 Å². The van der Waals surface area contributed by atoms with E-state index in [0.29, 0.717) is 5.92 Å². The number of nitrogens with zero attached hydrogens (tertiary/aromatic N) is 3. The molecule has 1 rings (SSSR count). The van der Waals surface area contributed by atoms with Crippen LogP contribution in [0.4, 0.5) is 5.95 Å². The van der Waals surface area contributed by atoms with E-state index in [1.54, 1.807) is 0 Å². The van der Waals surface area contributed by atoms with Crippen LogP contribution in [0.3, 0.4) is 0 Å². The Kier molecular flexibility index (Phi) is 6.65. The topological polar surface area (TPSA) is 41.1 Å². The van der Waals surface area contributed by atoms with Crippen LogP contribution in [0.25, 0.3) is 0 Å². The van der Waals surface area contributed by atoms with Gasteiger partial charge in [-0.1, -0.05) is 26.0 Å². The molecule has 0 aliphatic carbocycles. The van der Waals surface area contributed by atoms with Gasteiger partial charge in [-0.2, -0.15) is 0 Å². The van der Waals surface area contributed by atoms with Gasteiger partial charge in [-0.3, -0.25) is 0 Å². The first kappa shape index (κ1) is 16.6. The standard InChI is InChI=1S/C16H28N4/c1-7-20(11-13(4)5)16-18-10-15(14(6)19-16)9-17-8-12(2)3/h10,12,17H,4,7-9,11H2,1-3,5-6H3. The number of likely N-dealkylation sites (N-methyl/N-ethyl adjacent to an activating group) is 1. The zero-order valence-electron chi connectivity index (χ0n) is 13.5. The quantitative estimate of drug-likeness (QED) is 0.741. The second kappa shape index (κ2) is 8.00. The van der Waals surface area contributed by atoms with Crippen molar-refractivity contribution in [2.24, 2.45) is 5.92 Å². The summed E-state index contributed by atoms with van der Waals surface area (Å²) in [6.45, 7) is 18.1. The van der Waals surface area contributed by atoms with Crippen LogP contribution in [0.1, 0.15) is 39.0 Å². The molecule has 0 unspecified atom stereocenters. The zero-order valence-corrected chi connectivity index (χ0v) is 13.5. The summed E-state index contributed by atoms with van der Waals surface area (Å²) in [7, 11) is 0. The average Bonchev–Trinajstić information content (AvgIpc) is 2.37. The maximum atomic E-state index is 4.63. The minimum Gasteiger partial charge on any atom is -0.337 e. The molecular formula is C16H28N4. The number of nitrogens with one attached hydrogen (secondary N) is 1. The van der Waals surface area contributed by atoms with E-state index in [9.17, 15) is 0 Å². The third-order valence-electron chi connectivity index (χ3n) is 3.06. The Morgan fingerprint density at radius 3 is 2.65 bits per heavy atom. The fourth-order valence-corrected chi connectivity index (χ4v) is 1.95. The van der Waals surface area contributed by atoms with Gasteiger partial charge in [-0.05, 0) is 33.2 Å². The van der Waals surface area contributed by atoms with Gasteiger partial charge in [0.05, 0.1) is 0 Å². The maximum absolute atomic E-state index is 4.63. The Balaban J connectivity index is 2.73. The number of hydrogen-bond donors (Lipinski definition) is 1. The van der Waals surface area contributed by atoms with E-state index < -0.39 is 0 Å². The molecule has 0 atom stereocenters. The van der Waals surface area contributed by atoms with Crippen molar-refractivity contribution in [2.75, 3.05) is 24.5 Å². The molecule has 0 aromatic carbocycles. The summed E-state index contributed by atoms with van der Waals surface area (Å²) in [6.07, 6.45) is 1.94. The smallest absolute Gasteiger partial charge is 0.225 e. The van der Waals surface area contributed by atoms with Crippen LogP contribution in [0.2, 0.25) is 0 Å². The van der Waals surface area contributed by atoms with Crippen molar-refractivity contribution in [3.63, 3.8) is 0 Å². The molecule has 112 valence electrons. The fourth-order valence-electron chi connectivity index (χ4n) is 1.95. The maximum Gasteiger partial charge on any atom is 0.225 e. The van der Waals surface area contributed by atoms with Gasteiger partial charge in [0.25, 0.3) is 0 Å². The van der Waals surface area contributed by atoms with Crippen molar-refractivity contribution in [1.82, 2.24) is 15.3 Å². The Bertz CT molecular complexity index is 440. The van der Waals surface area contributed by atoms with Crippen molar-refractivity contribution >= 4 is 5.95 Å². The molecule has 0 spiro atoms. The van der Waals surface area contributed by atoms with Gasteiger partial charge in [0.15, 0.2) is 0 Å². The van der Waals surface area contributed by atoms with Crippen LogP contribution in [0.15, 0.2) is 18.3 Å². The monoisotopic (exact) mass is 276 g/mol. The number of aromatic nitrogens is 2. The Hall–Kier alpha value is -1.42. The van der Waals surface area contributed by atoms with Gasteiger partial charge in [-0.15, -0.1) is 0 Å². The number of aryl methyl sites for hydroxylation is 1. The highest BCUT2D eigenvalue weighted by molar-refractivity contribution is 5.34. The molecule has 1 N–H and O–H groups in total. The molecule has 0 radical (unpaired) electrons. The lowest BCUT2D eigenvalue weighted by Crippen LogP contribution is -2.27. The summed E-state index contributed by atoms with van der Waals surface area (Å²) in [6, 6.07) is 0. The van der Waals surface area contributed by atoms with Crippen LogP contribution in [-0.2, 0) is 6.54 Å². The predicted octanol–water partition coefficient (Wildman–Crippen LogP) is 2.93. The lowest BCUT2D eigenvalue weighted by atomic mass is 10.2. The zero-order chi connectivity index (χ0) is 15.1. The first-order valence-electron chi connectivity index (χ1n) is 7.36. The fraction of sp³-hybridized carbons (Fsp3) is 0.625. The molecule has 4 nitrogen and oxygen atoms in total. The lowest BCUT2D eigenvalue weighted by molar-refractivity contribution is 0.550. The SMILES string of the molecule is C=C(C)CN(CC)c1ncc(CNCC(C)C)c(C)n1. The predicted molar refractivity (Wildman–Crippen MR) is 86.0 cm³/mol. The lowest BCUT2D eigenvalue weighted by Gasteiger charge is -2.21. The summed E-state index contributed by atoms with van der Waals surface area (Å²) >= 11 is 0. The van der Waals surface area contributed by atoms with E-state index in [4.69, 9.17) is 0 Å². The Labute approximate surface area is 123 Å². The first-order valence-corrected chi connectivity index (χ1v) is 7.36. The highest BCUT2D eigenvalue weighted by Gasteiger charge is 2.10. The molecule has 0 aliphatic heterocycles. The van der Waals surface area contributed by atoms with Crippen molar-refractivity contribution in [3.05, 3.63) is 29.6 Å². The number of hydrogen-bond acceptors (Lipinski definition) is 4. The van der Waals surface area contributed by atoms with Crippen molar-refractivity contribution in [1.29, 1.82) is 0 Å². The molecule has 1 aromatic heterocycles. The van der Waals surface area contributed by atoms with Gasteiger partial charge in [0.2, 0.25) is 5.95 Å². The number of anilines is 1. The summed E-state index contributed by atoms with van der Waals surface area (Å²) < 4.78 is 0. The summed E-state index contributed by atoms with van der Waals surface area (Å²) in [5.74, 6) is 1.45. The molecule has 4 heteroatoms. The molecular weight excluding hydrogens is 248 g/mol. The largest absolute Gasteiger partial charge is 0.337 e. The Morgan fingerprint density at radius 2 is 2.15 bits per heavy atom. The summed E-state index contributed by atoms with van der Waals surface area (Å²) in [5.41, 5.74) is 3.34. The molecule has 0 amide bonds. The van der Waals surface area contributed by atoms with Crippen LogP contribution in [0.5, 0.6) is 0 Å². The molecule has 20 heavy (non-hydrogen) atoms. The normalized spacial score (nSPS) is 10.9. The molecule has 1 aromatic rings. The third kappa shape index (κ3) is 5.29. The van der Waals surface area contributed by atoms with E-state index in [-0.39, 0.29) is 0 Å². The van der Waals surface area contributed by atoms with Crippen molar-refractivity contribution in [3.8, 4) is 0 Å². The van der Waals surface area contributed by atoms with Gasteiger partial charge in [0, 0.05) is 37.1 Å². The van der Waals surface area contributed by atoms with E-state index in [2.05, 4.69) is 47.5 Å². The number of rotatable bonds is 8. The Morgan fingerprint density at radius 1 is 1.45 bits per heavy atom. The molecule has 0 saturated carbocycles. The van der Waals surface area contributed by atoms with Crippen molar-refractivity contribution in [2.45, 2.75) is 41.2 Å². The minimum atomic E-state index is 0.654. The van der Waals surface area contributed by atoms with Crippen LogP contribution in [-0.4, -0.2) is 29.6 Å². The van der Waals surface area contributed by atoms with Gasteiger partial charge in [0.1, 0.15) is 0 Å². The average molecular weight is 276 g/mol. The van der Waals surface area contributed by atoms with E-state index in [1.807, 2.05) is 20.0 Å². The summed E-state index contributed by atoms with van der Waals surface area (Å²) in [4.78, 5) is 11.3. The van der Waals surface area contributed by atoms with Crippen LogP contribution in [0, 0.1) is 12.8 Å². The second-order valence-corrected chi connectivity index (χ2v) is 5.78. The van der Waals surface area contributed by atoms with E-state index in [1.165, 1.54) is 5.56 Å². The van der Waals surface area contributed by atoms with E-state index in [0.717, 1.165) is 43.4 Å². The molecule has 1 heterocycles. The van der Waals surface area contributed by atoms with Crippen molar-refractivity contribution < 1.29 is 0 Å². The van der Waals surface area contributed by atoms with Gasteiger partial charge < -0.3 is 10.2 Å². The highest BCUT2D eigenvalue weighted by Crippen LogP contribution is 2.12. The third-order valence-corrected chi connectivity index (χ3v) is 3.06. The van der Waals surface area contributed by atoms with Crippen LogP contribution < -0.4 is 10.2 Å². The second-order valence-electron chi connectivity index (χ2n) is 5.78. The molecule has 0 bridgehead atoms. The van der Waals surface area contributed by atoms with Gasteiger partial charge in [-0.25, -0.2) is 9.97 Å². The highest BCUT2D eigenvalue weighted by atomic mass is 15.2.